The molecule has 0 N–H and O–H groups in total. The Balaban J connectivity index is 1.32. The lowest BCUT2D eigenvalue weighted by atomic mass is 10.2. The first kappa shape index (κ1) is 22.4. The van der Waals surface area contributed by atoms with Gasteiger partial charge in [0.05, 0.1) is 17.1 Å². The molecule has 0 aliphatic carbocycles. The van der Waals surface area contributed by atoms with Crippen molar-refractivity contribution in [1.29, 1.82) is 0 Å². The van der Waals surface area contributed by atoms with Crippen molar-refractivity contribution in [2.75, 3.05) is 0 Å². The van der Waals surface area contributed by atoms with E-state index in [1.54, 1.807) is 48.7 Å². The fourth-order valence-corrected chi connectivity index (χ4v) is 4.05. The monoisotopic (exact) mass is 489 g/mol. The van der Waals surface area contributed by atoms with Gasteiger partial charge in [-0.15, -0.1) is 0 Å². The topological polar surface area (TPSA) is 69.6 Å². The lowest BCUT2D eigenvalue weighted by molar-refractivity contribution is 0.305. The van der Waals surface area contributed by atoms with Gasteiger partial charge in [-0.05, 0) is 71.8 Å². The number of rotatable bonds is 6. The highest BCUT2D eigenvalue weighted by Gasteiger charge is 2.16. The molecule has 6 aromatic rings. The van der Waals surface area contributed by atoms with Crippen LogP contribution < -0.4 is 10.3 Å². The zero-order valence-corrected chi connectivity index (χ0v) is 19.5. The summed E-state index contributed by atoms with van der Waals surface area (Å²) in [6.07, 6.45) is 1.58. The van der Waals surface area contributed by atoms with Gasteiger partial charge in [-0.2, -0.15) is 9.78 Å². The molecule has 2 aromatic heterocycles. The van der Waals surface area contributed by atoms with E-state index in [0.29, 0.717) is 33.8 Å². The number of hydrogen-bond donors (Lipinski definition) is 0. The smallest absolute Gasteiger partial charge is 0.282 e. The molecular weight excluding hydrogens is 469 g/mol. The van der Waals surface area contributed by atoms with Gasteiger partial charge in [0.2, 0.25) is 5.82 Å². The van der Waals surface area contributed by atoms with E-state index in [2.05, 4.69) is 5.10 Å². The standard InChI is InChI=1S/C30H20FN3O3/c31-23-8-5-6-21(16-23)19-36-24-14-12-20(13-15-24)18-32-34-29(28-17-22-7-1-4-11-27(22)37-28)33-26-10-3-2-9-25(26)30(34)35/h1-18H,19H2. The highest BCUT2D eigenvalue weighted by Crippen LogP contribution is 2.27. The second-order valence-electron chi connectivity index (χ2n) is 8.45. The Labute approximate surface area is 210 Å². The summed E-state index contributed by atoms with van der Waals surface area (Å²) in [5.41, 5.74) is 2.46. The van der Waals surface area contributed by atoms with Gasteiger partial charge in [-0.3, -0.25) is 4.79 Å². The van der Waals surface area contributed by atoms with E-state index in [9.17, 15) is 9.18 Å². The summed E-state index contributed by atoms with van der Waals surface area (Å²) in [5.74, 6) is 1.09. The molecule has 0 saturated heterocycles. The Morgan fingerprint density at radius 2 is 1.73 bits per heavy atom. The van der Waals surface area contributed by atoms with Crippen molar-refractivity contribution in [3.8, 4) is 17.3 Å². The summed E-state index contributed by atoms with van der Waals surface area (Å²) in [7, 11) is 0. The van der Waals surface area contributed by atoms with Gasteiger partial charge in [0, 0.05) is 5.39 Å². The van der Waals surface area contributed by atoms with Gasteiger partial charge in [-0.1, -0.05) is 42.5 Å². The van der Waals surface area contributed by atoms with Crippen LogP contribution in [0.3, 0.4) is 0 Å². The predicted octanol–water partition coefficient (Wildman–Crippen LogP) is 6.41. The zero-order valence-electron chi connectivity index (χ0n) is 19.5. The predicted molar refractivity (Wildman–Crippen MR) is 141 cm³/mol. The number of hydrogen-bond acceptors (Lipinski definition) is 5. The van der Waals surface area contributed by atoms with Crippen LogP contribution in [-0.2, 0) is 6.61 Å². The third-order valence-electron chi connectivity index (χ3n) is 5.90. The molecule has 4 aromatic carbocycles. The highest BCUT2D eigenvalue weighted by molar-refractivity contribution is 5.84. The summed E-state index contributed by atoms with van der Waals surface area (Å²) >= 11 is 0. The van der Waals surface area contributed by atoms with E-state index in [1.807, 2.05) is 48.5 Å². The number of ether oxygens (including phenoxy) is 1. The number of nitrogens with zero attached hydrogens (tertiary/aromatic N) is 3. The average Bonchev–Trinajstić information content (AvgIpc) is 3.36. The quantitative estimate of drug-likeness (QED) is 0.254. The minimum atomic E-state index is -0.299. The summed E-state index contributed by atoms with van der Waals surface area (Å²) in [6.45, 7) is 0.254. The van der Waals surface area contributed by atoms with Crippen molar-refractivity contribution in [1.82, 2.24) is 9.66 Å². The largest absolute Gasteiger partial charge is 0.489 e. The molecule has 0 amide bonds. The van der Waals surface area contributed by atoms with E-state index in [-0.39, 0.29) is 18.0 Å². The van der Waals surface area contributed by atoms with E-state index in [4.69, 9.17) is 14.1 Å². The maximum Gasteiger partial charge on any atom is 0.282 e. The van der Waals surface area contributed by atoms with Gasteiger partial charge < -0.3 is 9.15 Å². The molecule has 0 saturated carbocycles. The second-order valence-corrected chi connectivity index (χ2v) is 8.45. The minimum Gasteiger partial charge on any atom is -0.489 e. The summed E-state index contributed by atoms with van der Waals surface area (Å²) in [5, 5.41) is 5.85. The van der Waals surface area contributed by atoms with E-state index >= 15 is 0 Å². The molecule has 0 unspecified atom stereocenters. The third kappa shape index (κ3) is 4.62. The fraction of sp³-hybridized carbons (Fsp3) is 0.0333. The fourth-order valence-electron chi connectivity index (χ4n) is 4.05. The third-order valence-corrected chi connectivity index (χ3v) is 5.90. The maximum atomic E-state index is 13.4. The first-order valence-electron chi connectivity index (χ1n) is 11.7. The highest BCUT2D eigenvalue weighted by atomic mass is 19.1. The number of para-hydroxylation sites is 2. The minimum absolute atomic E-state index is 0.254. The van der Waals surface area contributed by atoms with Gasteiger partial charge >= 0.3 is 0 Å². The molecule has 0 bridgehead atoms. The van der Waals surface area contributed by atoms with Crippen molar-refractivity contribution in [3.05, 3.63) is 130 Å². The summed E-state index contributed by atoms with van der Waals surface area (Å²) in [6, 6.07) is 30.1. The normalized spacial score (nSPS) is 11.5. The van der Waals surface area contributed by atoms with E-state index in [1.165, 1.54) is 16.8 Å². The van der Waals surface area contributed by atoms with E-state index in [0.717, 1.165) is 16.5 Å². The van der Waals surface area contributed by atoms with Crippen LogP contribution in [0.1, 0.15) is 11.1 Å². The number of aromatic nitrogens is 2. The molecule has 6 nitrogen and oxygen atoms in total. The van der Waals surface area contributed by atoms with Crippen molar-refractivity contribution in [3.63, 3.8) is 0 Å². The Hall–Kier alpha value is -5.04. The summed E-state index contributed by atoms with van der Waals surface area (Å²) < 4.78 is 26.4. The van der Waals surface area contributed by atoms with Gasteiger partial charge in [0.1, 0.15) is 23.8 Å². The lowest BCUT2D eigenvalue weighted by Crippen LogP contribution is -2.20. The van der Waals surface area contributed by atoms with Crippen LogP contribution >= 0.6 is 0 Å². The molecule has 37 heavy (non-hydrogen) atoms. The number of fused-ring (bicyclic) bond motifs is 2. The summed E-state index contributed by atoms with van der Waals surface area (Å²) in [4.78, 5) is 18.1. The first-order chi connectivity index (χ1) is 18.1. The van der Waals surface area contributed by atoms with Crippen LogP contribution in [-0.4, -0.2) is 15.9 Å². The maximum absolute atomic E-state index is 13.4. The first-order valence-corrected chi connectivity index (χ1v) is 11.7. The van der Waals surface area contributed by atoms with Crippen LogP contribution in [0.25, 0.3) is 33.5 Å². The molecule has 0 aliphatic rings. The molecule has 0 atom stereocenters. The SMILES string of the molecule is O=c1c2ccccc2nc(-c2cc3ccccc3o2)n1N=Cc1ccc(OCc2cccc(F)c2)cc1. The molecule has 0 fully saturated rings. The van der Waals surface area contributed by atoms with Crippen molar-refractivity contribution < 1.29 is 13.5 Å². The van der Waals surface area contributed by atoms with Crippen LogP contribution in [0.2, 0.25) is 0 Å². The molecule has 6 rings (SSSR count). The molecule has 0 radical (unpaired) electrons. The van der Waals surface area contributed by atoms with Gasteiger partial charge in [0.15, 0.2) is 5.76 Å². The number of benzene rings is 4. The van der Waals surface area contributed by atoms with Crippen LogP contribution in [0.4, 0.5) is 4.39 Å². The Kier molecular flexibility index (Phi) is 5.78. The van der Waals surface area contributed by atoms with Crippen LogP contribution in [0.5, 0.6) is 5.75 Å². The number of halogens is 1. The van der Waals surface area contributed by atoms with Gasteiger partial charge in [-0.25, -0.2) is 9.37 Å². The molecule has 0 spiro atoms. The Morgan fingerprint density at radius 1 is 0.919 bits per heavy atom. The van der Waals surface area contributed by atoms with Crippen molar-refractivity contribution in [2.24, 2.45) is 5.10 Å². The van der Waals surface area contributed by atoms with Crippen molar-refractivity contribution in [2.45, 2.75) is 6.61 Å². The Morgan fingerprint density at radius 3 is 2.57 bits per heavy atom. The van der Waals surface area contributed by atoms with E-state index < -0.39 is 0 Å². The molecule has 7 heteroatoms. The van der Waals surface area contributed by atoms with Gasteiger partial charge in [0.25, 0.3) is 5.56 Å². The Bertz CT molecular complexity index is 1790. The second kappa shape index (κ2) is 9.54. The molecule has 2 heterocycles. The van der Waals surface area contributed by atoms with Crippen LogP contribution in [0, 0.1) is 5.82 Å². The zero-order chi connectivity index (χ0) is 25.2. The molecule has 180 valence electrons. The van der Waals surface area contributed by atoms with Crippen LogP contribution in [0.15, 0.2) is 117 Å². The van der Waals surface area contributed by atoms with Crippen molar-refractivity contribution >= 4 is 28.1 Å². The number of furan rings is 1. The molecule has 0 aliphatic heterocycles. The average molecular weight is 490 g/mol. The molecular formula is C30H20FN3O3. The lowest BCUT2D eigenvalue weighted by Gasteiger charge is -2.08.